The minimum Gasteiger partial charge on any atom is -0.348 e. The van der Waals surface area contributed by atoms with Gasteiger partial charge in [-0.2, -0.15) is 0 Å². The van der Waals surface area contributed by atoms with E-state index in [1.807, 2.05) is 20.2 Å². The van der Waals surface area contributed by atoms with Crippen LogP contribution in [-0.4, -0.2) is 65.0 Å². The van der Waals surface area contributed by atoms with Gasteiger partial charge in [0.1, 0.15) is 5.82 Å². The molecule has 0 bridgehead atoms. The number of fused-ring (bicyclic) bond motifs is 1. The van der Waals surface area contributed by atoms with Gasteiger partial charge >= 0.3 is 0 Å². The van der Waals surface area contributed by atoms with Gasteiger partial charge in [0.2, 0.25) is 5.91 Å². The van der Waals surface area contributed by atoms with E-state index >= 15 is 0 Å². The Kier molecular flexibility index (Phi) is 5.39. The molecule has 0 aliphatic carbocycles. The van der Waals surface area contributed by atoms with E-state index in [1.54, 1.807) is 4.90 Å². The number of benzene rings is 1. The Hall–Kier alpha value is -1.92. The molecular formula is C19H29N5O. The van der Waals surface area contributed by atoms with E-state index in [0.29, 0.717) is 12.6 Å². The summed E-state index contributed by atoms with van der Waals surface area (Å²) in [6, 6.07) is 8.93. The summed E-state index contributed by atoms with van der Waals surface area (Å²) in [5, 5.41) is 3.73. The zero-order valence-corrected chi connectivity index (χ0v) is 15.7. The molecule has 0 spiro atoms. The predicted molar refractivity (Wildman–Crippen MR) is 100 cm³/mol. The number of likely N-dealkylation sites (N-methyl/N-ethyl adjacent to an activating group) is 1. The molecule has 1 aliphatic heterocycles. The molecule has 0 saturated carbocycles. The van der Waals surface area contributed by atoms with Crippen LogP contribution in [0, 0.1) is 0 Å². The van der Waals surface area contributed by atoms with Gasteiger partial charge in [0.15, 0.2) is 0 Å². The number of amides is 1. The van der Waals surface area contributed by atoms with E-state index < -0.39 is 0 Å². The van der Waals surface area contributed by atoms with Crippen LogP contribution >= 0.6 is 0 Å². The van der Waals surface area contributed by atoms with Gasteiger partial charge in [-0.1, -0.05) is 12.1 Å². The fourth-order valence-corrected chi connectivity index (χ4v) is 3.57. The second-order valence-electron chi connectivity index (χ2n) is 7.24. The summed E-state index contributed by atoms with van der Waals surface area (Å²) in [6.07, 6.45) is 2.13. The van der Waals surface area contributed by atoms with Crippen LogP contribution in [0.3, 0.4) is 0 Å². The van der Waals surface area contributed by atoms with Crippen molar-refractivity contribution in [1.82, 2.24) is 24.7 Å². The highest BCUT2D eigenvalue weighted by atomic mass is 16.2. The summed E-state index contributed by atoms with van der Waals surface area (Å²) >= 11 is 0. The van der Waals surface area contributed by atoms with Crippen molar-refractivity contribution in [3.8, 4) is 0 Å². The van der Waals surface area contributed by atoms with Crippen molar-refractivity contribution in [1.29, 1.82) is 0 Å². The summed E-state index contributed by atoms with van der Waals surface area (Å²) in [6.45, 7) is 4.64. The Morgan fingerprint density at radius 3 is 2.64 bits per heavy atom. The lowest BCUT2D eigenvalue weighted by Gasteiger charge is -2.33. The van der Waals surface area contributed by atoms with Crippen LogP contribution in [0.25, 0.3) is 11.0 Å². The average molecular weight is 343 g/mol. The van der Waals surface area contributed by atoms with E-state index in [0.717, 1.165) is 37.3 Å². The molecule has 0 unspecified atom stereocenters. The number of hydrogen-bond donors (Lipinski definition) is 1. The van der Waals surface area contributed by atoms with Gasteiger partial charge in [0.05, 0.1) is 23.6 Å². The van der Waals surface area contributed by atoms with Gasteiger partial charge in [-0.05, 0) is 31.9 Å². The molecule has 1 atom stereocenters. The molecule has 2 heterocycles. The first-order chi connectivity index (χ1) is 12.0. The predicted octanol–water partition coefficient (Wildman–Crippen LogP) is 1.78. The van der Waals surface area contributed by atoms with E-state index in [-0.39, 0.29) is 11.9 Å². The second-order valence-corrected chi connectivity index (χ2v) is 7.24. The lowest BCUT2D eigenvalue weighted by Crippen LogP contribution is -2.46. The number of nitrogens with one attached hydrogen (secondary N) is 1. The van der Waals surface area contributed by atoms with Gasteiger partial charge in [-0.15, -0.1) is 0 Å². The van der Waals surface area contributed by atoms with Crippen LogP contribution < -0.4 is 5.32 Å². The van der Waals surface area contributed by atoms with Crippen LogP contribution in [0.5, 0.6) is 0 Å². The minimum absolute atomic E-state index is 0.180. The maximum atomic E-state index is 11.8. The molecule has 136 valence electrons. The number of rotatable bonds is 5. The van der Waals surface area contributed by atoms with E-state index in [2.05, 4.69) is 47.0 Å². The number of carbonyl (C=O) groups excluding carboxylic acids is 1. The molecule has 25 heavy (non-hydrogen) atoms. The Morgan fingerprint density at radius 1 is 1.32 bits per heavy atom. The second kappa shape index (κ2) is 7.54. The Bertz CT molecular complexity index is 730. The van der Waals surface area contributed by atoms with E-state index in [1.165, 1.54) is 5.52 Å². The zero-order chi connectivity index (χ0) is 18.0. The largest absolute Gasteiger partial charge is 0.348 e. The number of piperidine rings is 1. The summed E-state index contributed by atoms with van der Waals surface area (Å²) < 4.78 is 2.18. The van der Waals surface area contributed by atoms with Crippen molar-refractivity contribution in [3.63, 3.8) is 0 Å². The zero-order valence-electron chi connectivity index (χ0n) is 15.7. The standard InChI is InChI=1S/C19H29N5O/c1-14(19-21-16-7-5-6-8-17(16)23(19)4)20-15-9-11-24(12-10-15)13-18(25)22(2)3/h5-8,14-15,20H,9-13H2,1-4H3/t14-/m1/s1. The monoisotopic (exact) mass is 343 g/mol. The Labute approximate surface area is 149 Å². The summed E-state index contributed by atoms with van der Waals surface area (Å²) in [5.41, 5.74) is 2.22. The van der Waals surface area contributed by atoms with Crippen LogP contribution in [-0.2, 0) is 11.8 Å². The molecule has 1 saturated heterocycles. The molecule has 0 radical (unpaired) electrons. The minimum atomic E-state index is 0.180. The average Bonchev–Trinajstić information content (AvgIpc) is 2.94. The third kappa shape index (κ3) is 4.02. The summed E-state index contributed by atoms with van der Waals surface area (Å²) in [4.78, 5) is 20.5. The third-order valence-corrected chi connectivity index (χ3v) is 5.14. The van der Waals surface area contributed by atoms with Gasteiger partial charge in [0.25, 0.3) is 0 Å². The molecule has 3 rings (SSSR count). The number of hydrogen-bond acceptors (Lipinski definition) is 4. The van der Waals surface area contributed by atoms with Crippen LogP contribution in [0.4, 0.5) is 0 Å². The molecule has 1 N–H and O–H groups in total. The molecule has 2 aromatic rings. The van der Waals surface area contributed by atoms with E-state index in [9.17, 15) is 4.79 Å². The normalized spacial score (nSPS) is 17.8. The fourth-order valence-electron chi connectivity index (χ4n) is 3.57. The number of aryl methyl sites for hydroxylation is 1. The number of para-hydroxylation sites is 2. The third-order valence-electron chi connectivity index (χ3n) is 5.14. The molecule has 1 aromatic carbocycles. The van der Waals surface area contributed by atoms with Gasteiger partial charge in [-0.25, -0.2) is 4.98 Å². The number of nitrogens with zero attached hydrogens (tertiary/aromatic N) is 4. The molecule has 1 amide bonds. The first-order valence-corrected chi connectivity index (χ1v) is 9.05. The number of imidazole rings is 1. The van der Waals surface area contributed by atoms with Crippen LogP contribution in [0.15, 0.2) is 24.3 Å². The van der Waals surface area contributed by atoms with Crippen LogP contribution in [0.1, 0.15) is 31.6 Å². The molecule has 6 nitrogen and oxygen atoms in total. The van der Waals surface area contributed by atoms with Crippen molar-refractivity contribution in [2.45, 2.75) is 31.8 Å². The van der Waals surface area contributed by atoms with Crippen molar-refractivity contribution in [2.75, 3.05) is 33.7 Å². The highest BCUT2D eigenvalue weighted by Crippen LogP contribution is 2.21. The number of carbonyl (C=O) groups is 1. The van der Waals surface area contributed by atoms with Crippen molar-refractivity contribution in [2.24, 2.45) is 7.05 Å². The van der Waals surface area contributed by atoms with Crippen molar-refractivity contribution in [3.05, 3.63) is 30.1 Å². The van der Waals surface area contributed by atoms with Gasteiger partial charge in [-0.3, -0.25) is 9.69 Å². The Balaban J connectivity index is 1.56. The van der Waals surface area contributed by atoms with Crippen molar-refractivity contribution >= 4 is 16.9 Å². The highest BCUT2D eigenvalue weighted by molar-refractivity contribution is 5.77. The molecule has 1 fully saturated rings. The number of likely N-dealkylation sites (tertiary alicyclic amines) is 1. The fraction of sp³-hybridized carbons (Fsp3) is 0.579. The van der Waals surface area contributed by atoms with E-state index in [4.69, 9.17) is 4.98 Å². The molecule has 1 aliphatic rings. The smallest absolute Gasteiger partial charge is 0.236 e. The SMILES string of the molecule is C[C@@H](NC1CCN(CC(=O)N(C)C)CC1)c1nc2ccccc2n1C. The van der Waals surface area contributed by atoms with Gasteiger partial charge < -0.3 is 14.8 Å². The lowest BCUT2D eigenvalue weighted by atomic mass is 10.0. The highest BCUT2D eigenvalue weighted by Gasteiger charge is 2.24. The molecular weight excluding hydrogens is 314 g/mol. The molecule has 6 heteroatoms. The maximum Gasteiger partial charge on any atom is 0.236 e. The first kappa shape index (κ1) is 17.9. The quantitative estimate of drug-likeness (QED) is 0.899. The van der Waals surface area contributed by atoms with Crippen LogP contribution in [0.2, 0.25) is 0 Å². The Morgan fingerprint density at radius 2 is 2.00 bits per heavy atom. The summed E-state index contributed by atoms with van der Waals surface area (Å²) in [7, 11) is 5.71. The molecule has 1 aromatic heterocycles. The first-order valence-electron chi connectivity index (χ1n) is 9.05. The number of aromatic nitrogens is 2. The van der Waals surface area contributed by atoms with Crippen molar-refractivity contribution < 1.29 is 4.79 Å². The topological polar surface area (TPSA) is 53.4 Å². The lowest BCUT2D eigenvalue weighted by molar-refractivity contribution is -0.130. The maximum absolute atomic E-state index is 11.8. The summed E-state index contributed by atoms with van der Waals surface area (Å²) in [5.74, 6) is 1.26. The van der Waals surface area contributed by atoms with Gasteiger partial charge in [0, 0.05) is 40.3 Å².